The molecule has 0 saturated heterocycles. The van der Waals surface area contributed by atoms with E-state index in [1.165, 1.54) is 5.56 Å². The molecule has 0 spiro atoms. The minimum Gasteiger partial charge on any atom is -0.299 e. The summed E-state index contributed by atoms with van der Waals surface area (Å²) in [6.45, 7) is 5.90. The van der Waals surface area contributed by atoms with Gasteiger partial charge in [-0.15, -0.1) is 0 Å². The summed E-state index contributed by atoms with van der Waals surface area (Å²) < 4.78 is 13.4. The van der Waals surface area contributed by atoms with Crippen LogP contribution in [0.15, 0.2) is 41.3 Å². The smallest absolute Gasteiger partial charge is 0.137 e. The largest absolute Gasteiger partial charge is 0.299 e. The third-order valence-electron chi connectivity index (χ3n) is 5.76. The number of allylic oxidation sites excluding steroid dienone is 2. The Morgan fingerprint density at radius 3 is 2.57 bits per heavy atom. The van der Waals surface area contributed by atoms with Crippen LogP contribution in [0.25, 0.3) is 0 Å². The molecule has 0 aliphatic heterocycles. The zero-order valence-corrected chi connectivity index (χ0v) is 15.1. The highest BCUT2D eigenvalue weighted by Gasteiger charge is 2.60. The lowest BCUT2D eigenvalue weighted by Gasteiger charge is -2.39. The molecule has 0 radical (unpaired) electrons. The summed E-state index contributed by atoms with van der Waals surface area (Å²) in [5, 5.41) is -0.0655. The number of rotatable bonds is 6. The molecule has 0 aromatic heterocycles. The summed E-state index contributed by atoms with van der Waals surface area (Å²) in [5.74, 6) is 0.784. The van der Waals surface area contributed by atoms with E-state index < -0.39 is 16.2 Å². The lowest BCUT2D eigenvalue weighted by molar-refractivity contribution is -0.128. The van der Waals surface area contributed by atoms with E-state index in [1.807, 2.05) is 31.2 Å². The Morgan fingerprint density at radius 1 is 1.26 bits per heavy atom. The van der Waals surface area contributed by atoms with E-state index in [4.69, 9.17) is 0 Å². The highest BCUT2D eigenvalue weighted by Crippen LogP contribution is 2.58. The number of ketones is 1. The summed E-state index contributed by atoms with van der Waals surface area (Å²) in [6.07, 6.45) is 8.37. The first-order valence-corrected chi connectivity index (χ1v) is 9.88. The van der Waals surface area contributed by atoms with Gasteiger partial charge in [-0.2, -0.15) is 0 Å². The molecule has 3 rings (SSSR count). The predicted octanol–water partition coefficient (Wildman–Crippen LogP) is 4.44. The fraction of sp³-hybridized carbons (Fsp3) is 0.550. The number of hydrogen-bond acceptors (Lipinski definition) is 2. The van der Waals surface area contributed by atoms with Crippen LogP contribution in [0, 0.1) is 24.2 Å². The monoisotopic (exact) mass is 330 g/mol. The summed E-state index contributed by atoms with van der Waals surface area (Å²) in [7, 11) is -1.13. The van der Waals surface area contributed by atoms with E-state index in [9.17, 15) is 9.00 Å². The highest BCUT2D eigenvalue weighted by atomic mass is 32.2. The molecular weight excluding hydrogens is 304 g/mol. The zero-order valence-electron chi connectivity index (χ0n) is 14.2. The molecule has 0 unspecified atom stereocenters. The number of fused-ring (bicyclic) bond motifs is 2. The van der Waals surface area contributed by atoms with Crippen LogP contribution < -0.4 is 0 Å². The van der Waals surface area contributed by atoms with E-state index in [0.29, 0.717) is 0 Å². The number of carbonyl (C=O) groups is 1. The number of Topliss-reactive ketones (excluding diaryl/α,β-unsaturated/α-hetero) is 1. The molecule has 0 N–H and O–H groups in total. The molecule has 1 fully saturated rings. The van der Waals surface area contributed by atoms with Crippen molar-refractivity contribution in [2.45, 2.75) is 56.6 Å². The summed E-state index contributed by atoms with van der Waals surface area (Å²) in [6, 6.07) is 7.95. The highest BCUT2D eigenvalue weighted by molar-refractivity contribution is 7.85. The Kier molecular flexibility index (Phi) is 4.59. The first-order chi connectivity index (χ1) is 11.0. The fourth-order valence-corrected chi connectivity index (χ4v) is 6.59. The average molecular weight is 330 g/mol. The van der Waals surface area contributed by atoms with Gasteiger partial charge < -0.3 is 0 Å². The van der Waals surface area contributed by atoms with E-state index in [2.05, 4.69) is 19.1 Å². The van der Waals surface area contributed by atoms with Crippen LogP contribution in [0.5, 0.6) is 0 Å². The minimum absolute atomic E-state index is 0.0655. The van der Waals surface area contributed by atoms with E-state index in [0.717, 1.165) is 30.6 Å². The number of benzene rings is 1. The first-order valence-electron chi connectivity index (χ1n) is 8.67. The van der Waals surface area contributed by atoms with Crippen molar-refractivity contribution in [2.75, 3.05) is 0 Å². The van der Waals surface area contributed by atoms with Gasteiger partial charge in [-0.3, -0.25) is 9.00 Å². The summed E-state index contributed by atoms with van der Waals surface area (Å²) in [4.78, 5) is 13.6. The van der Waals surface area contributed by atoms with Gasteiger partial charge in [0.15, 0.2) is 0 Å². The number of aryl methyl sites for hydroxylation is 1. The maximum absolute atomic E-state index is 13.4. The standard InChI is InChI=1S/C20H26O2S/c1-4-5-12-20(15(3)21)17-9-8-16(13-17)19(20)23(22)18-10-6-14(2)7-11-18/h6-11,16-17,19H,4-5,12-13H2,1-3H3/t16-,17+,19+,20+,23-/m0/s1. The van der Waals surface area contributed by atoms with E-state index >= 15 is 0 Å². The van der Waals surface area contributed by atoms with Crippen molar-refractivity contribution in [3.05, 3.63) is 42.0 Å². The summed E-state index contributed by atoms with van der Waals surface area (Å²) >= 11 is 0. The maximum atomic E-state index is 13.4. The molecule has 3 heteroatoms. The van der Waals surface area contributed by atoms with Crippen molar-refractivity contribution in [3.8, 4) is 0 Å². The Hall–Kier alpha value is -1.22. The molecule has 1 saturated carbocycles. The number of hydrogen-bond donors (Lipinski definition) is 0. The van der Waals surface area contributed by atoms with Gasteiger partial charge in [-0.05, 0) is 50.7 Å². The van der Waals surface area contributed by atoms with Crippen LogP contribution in [0.2, 0.25) is 0 Å². The van der Waals surface area contributed by atoms with Crippen molar-refractivity contribution >= 4 is 16.6 Å². The molecule has 5 atom stereocenters. The van der Waals surface area contributed by atoms with Gasteiger partial charge in [0.2, 0.25) is 0 Å². The van der Waals surface area contributed by atoms with Crippen LogP contribution >= 0.6 is 0 Å². The van der Waals surface area contributed by atoms with Gasteiger partial charge >= 0.3 is 0 Å². The van der Waals surface area contributed by atoms with Crippen molar-refractivity contribution < 1.29 is 9.00 Å². The Balaban J connectivity index is 2.00. The zero-order chi connectivity index (χ0) is 16.6. The number of carbonyl (C=O) groups excluding carboxylic acids is 1. The lowest BCUT2D eigenvalue weighted by atomic mass is 9.69. The molecule has 1 aromatic rings. The SMILES string of the molecule is CCCC[C@@]1(C(C)=O)[C@@H]2C=C[C@@H](C2)[C@H]1[S@@](=O)c1ccc(C)cc1. The molecule has 2 bridgehead atoms. The first kappa shape index (κ1) is 16.6. The fourth-order valence-electron chi connectivity index (χ4n) is 4.53. The number of unbranched alkanes of at least 4 members (excludes halogenated alkanes) is 1. The molecule has 1 aromatic carbocycles. The molecule has 0 heterocycles. The second kappa shape index (κ2) is 6.35. The molecule has 124 valence electrons. The minimum atomic E-state index is -1.13. The van der Waals surface area contributed by atoms with Gasteiger partial charge in [0.25, 0.3) is 0 Å². The quantitative estimate of drug-likeness (QED) is 0.723. The Bertz CT molecular complexity index is 646. The maximum Gasteiger partial charge on any atom is 0.137 e. The van der Waals surface area contributed by atoms with Gasteiger partial charge in [0, 0.05) is 4.90 Å². The molecular formula is C20H26O2S. The van der Waals surface area contributed by atoms with Gasteiger partial charge in [0.05, 0.1) is 21.5 Å². The molecule has 0 amide bonds. The van der Waals surface area contributed by atoms with Crippen LogP contribution in [0.4, 0.5) is 0 Å². The van der Waals surface area contributed by atoms with Crippen LogP contribution in [0.3, 0.4) is 0 Å². The molecule has 2 aliphatic carbocycles. The topological polar surface area (TPSA) is 34.1 Å². The van der Waals surface area contributed by atoms with Gasteiger partial charge in [0.1, 0.15) is 5.78 Å². The normalized spacial score (nSPS) is 33.1. The third kappa shape index (κ3) is 2.63. The van der Waals surface area contributed by atoms with E-state index in [-0.39, 0.29) is 22.9 Å². The average Bonchev–Trinajstić information content (AvgIpc) is 3.12. The second-order valence-corrected chi connectivity index (χ2v) is 8.70. The second-order valence-electron chi connectivity index (χ2n) is 7.12. The van der Waals surface area contributed by atoms with Crippen LogP contribution in [-0.2, 0) is 15.6 Å². The van der Waals surface area contributed by atoms with Crippen molar-refractivity contribution in [2.24, 2.45) is 17.3 Å². The Morgan fingerprint density at radius 2 is 1.96 bits per heavy atom. The van der Waals surface area contributed by atoms with Crippen LogP contribution in [0.1, 0.15) is 45.1 Å². The van der Waals surface area contributed by atoms with Crippen molar-refractivity contribution in [3.63, 3.8) is 0 Å². The van der Waals surface area contributed by atoms with Gasteiger partial charge in [-0.25, -0.2) is 0 Å². The van der Waals surface area contributed by atoms with Crippen LogP contribution in [-0.4, -0.2) is 15.2 Å². The predicted molar refractivity (Wildman–Crippen MR) is 94.8 cm³/mol. The molecule has 2 aliphatic rings. The van der Waals surface area contributed by atoms with Gasteiger partial charge in [-0.1, -0.05) is 49.6 Å². The summed E-state index contributed by atoms with van der Waals surface area (Å²) in [5.41, 5.74) is 0.743. The lowest BCUT2D eigenvalue weighted by Crippen LogP contribution is -2.46. The van der Waals surface area contributed by atoms with Crippen molar-refractivity contribution in [1.29, 1.82) is 0 Å². The molecule has 2 nitrogen and oxygen atoms in total. The third-order valence-corrected chi connectivity index (χ3v) is 7.73. The Labute approximate surface area is 141 Å². The molecule has 23 heavy (non-hydrogen) atoms. The van der Waals surface area contributed by atoms with Crippen molar-refractivity contribution in [1.82, 2.24) is 0 Å². The van der Waals surface area contributed by atoms with E-state index in [1.54, 1.807) is 6.92 Å².